The number of nitrogens with zero attached hydrogens (tertiary/aromatic N) is 4. The Labute approximate surface area is 142 Å². The zero-order chi connectivity index (χ0) is 17.1. The van der Waals surface area contributed by atoms with Gasteiger partial charge in [-0.2, -0.15) is 0 Å². The van der Waals surface area contributed by atoms with Crippen LogP contribution in [0.25, 0.3) is 10.9 Å². The van der Waals surface area contributed by atoms with Crippen LogP contribution < -0.4 is 9.64 Å². The fourth-order valence-electron chi connectivity index (χ4n) is 2.64. The van der Waals surface area contributed by atoms with Crippen molar-refractivity contribution in [2.24, 2.45) is 0 Å². The lowest BCUT2D eigenvalue weighted by Gasteiger charge is -2.21. The Morgan fingerprint density at radius 2 is 1.62 bits per heavy atom. The first-order chi connectivity index (χ1) is 11.6. The third-order valence-electron chi connectivity index (χ3n) is 3.86. The number of aromatic nitrogens is 2. The maximum Gasteiger partial charge on any atom is 0.145 e. The molecule has 0 aliphatic carbocycles. The van der Waals surface area contributed by atoms with Gasteiger partial charge in [-0.3, -0.25) is 0 Å². The van der Waals surface area contributed by atoms with Gasteiger partial charge >= 0.3 is 0 Å². The van der Waals surface area contributed by atoms with E-state index in [2.05, 4.69) is 20.9 Å². The van der Waals surface area contributed by atoms with Gasteiger partial charge in [0, 0.05) is 18.1 Å². The van der Waals surface area contributed by atoms with Gasteiger partial charge in [-0.25, -0.2) is 9.97 Å². The summed E-state index contributed by atoms with van der Waals surface area (Å²) in [5.41, 5.74) is 2.01. The molecule has 0 unspecified atom stereocenters. The smallest absolute Gasteiger partial charge is 0.145 e. The highest BCUT2D eigenvalue weighted by molar-refractivity contribution is 5.91. The van der Waals surface area contributed by atoms with Gasteiger partial charge in [0.05, 0.1) is 19.2 Å². The van der Waals surface area contributed by atoms with Gasteiger partial charge in [0.2, 0.25) is 0 Å². The maximum absolute atomic E-state index is 5.24. The Balaban J connectivity index is 2.08. The van der Waals surface area contributed by atoms with Gasteiger partial charge in [-0.05, 0) is 50.5 Å². The van der Waals surface area contributed by atoms with E-state index in [0.29, 0.717) is 6.54 Å². The van der Waals surface area contributed by atoms with Crippen molar-refractivity contribution < 1.29 is 4.74 Å². The fourth-order valence-corrected chi connectivity index (χ4v) is 2.64. The number of ether oxygens (including phenoxy) is 1. The van der Waals surface area contributed by atoms with Crippen molar-refractivity contribution in [1.82, 2.24) is 14.9 Å². The molecule has 2 aromatic carbocycles. The van der Waals surface area contributed by atoms with E-state index in [0.717, 1.165) is 34.0 Å². The van der Waals surface area contributed by atoms with Gasteiger partial charge < -0.3 is 14.5 Å². The van der Waals surface area contributed by atoms with Crippen molar-refractivity contribution in [3.63, 3.8) is 0 Å². The number of rotatable bonds is 5. The van der Waals surface area contributed by atoms with Crippen LogP contribution in [0, 0.1) is 0 Å². The first kappa shape index (κ1) is 16.2. The summed E-state index contributed by atoms with van der Waals surface area (Å²) in [5, 5.41) is 1.04. The Morgan fingerprint density at radius 3 is 2.29 bits per heavy atom. The third-order valence-corrected chi connectivity index (χ3v) is 3.86. The maximum atomic E-state index is 5.24. The minimum Gasteiger partial charge on any atom is -0.497 e. The summed E-state index contributed by atoms with van der Waals surface area (Å²) in [7, 11) is 7.73. The third kappa shape index (κ3) is 3.31. The summed E-state index contributed by atoms with van der Waals surface area (Å²) >= 11 is 0. The number of para-hydroxylation sites is 1. The van der Waals surface area contributed by atoms with Gasteiger partial charge in [0.25, 0.3) is 0 Å². The molecule has 0 spiro atoms. The summed E-state index contributed by atoms with van der Waals surface area (Å²) in [5.74, 6) is 2.56. The SMILES string of the molecule is COc1ccc(N(C)c2nc(CN(C)C)nc3ccccc23)cc1. The molecule has 0 radical (unpaired) electrons. The lowest BCUT2D eigenvalue weighted by atomic mass is 10.2. The van der Waals surface area contributed by atoms with Crippen molar-refractivity contribution >= 4 is 22.4 Å². The van der Waals surface area contributed by atoms with Crippen molar-refractivity contribution in [2.45, 2.75) is 6.54 Å². The predicted octanol–water partition coefficient (Wildman–Crippen LogP) is 3.47. The van der Waals surface area contributed by atoms with E-state index in [-0.39, 0.29) is 0 Å². The van der Waals surface area contributed by atoms with Crippen LogP contribution in [-0.4, -0.2) is 43.1 Å². The van der Waals surface area contributed by atoms with Gasteiger partial charge in [0.15, 0.2) is 0 Å². The van der Waals surface area contributed by atoms with Crippen LogP contribution in [0.15, 0.2) is 48.5 Å². The Bertz CT molecular complexity index is 830. The van der Waals surface area contributed by atoms with E-state index < -0.39 is 0 Å². The molecule has 0 bridgehead atoms. The molecular formula is C19H22N4O. The molecule has 0 atom stereocenters. The fraction of sp³-hybridized carbons (Fsp3) is 0.263. The normalized spacial score (nSPS) is 11.0. The largest absolute Gasteiger partial charge is 0.497 e. The molecule has 0 amide bonds. The molecular weight excluding hydrogens is 300 g/mol. The quantitative estimate of drug-likeness (QED) is 0.719. The van der Waals surface area contributed by atoms with Crippen LogP contribution >= 0.6 is 0 Å². The summed E-state index contributed by atoms with van der Waals surface area (Å²) in [4.78, 5) is 13.6. The van der Waals surface area contributed by atoms with E-state index in [1.165, 1.54) is 0 Å². The molecule has 3 rings (SSSR count). The molecule has 124 valence electrons. The Hall–Kier alpha value is -2.66. The molecule has 5 nitrogen and oxygen atoms in total. The average Bonchev–Trinajstić information content (AvgIpc) is 2.60. The van der Waals surface area contributed by atoms with E-state index in [1.807, 2.05) is 63.6 Å². The van der Waals surface area contributed by atoms with Crippen LogP contribution in [0.4, 0.5) is 11.5 Å². The van der Waals surface area contributed by atoms with Crippen molar-refractivity contribution in [3.8, 4) is 5.75 Å². The summed E-state index contributed by atoms with van der Waals surface area (Å²) in [6, 6.07) is 16.1. The van der Waals surface area contributed by atoms with Crippen LogP contribution in [-0.2, 0) is 6.54 Å². The number of benzene rings is 2. The van der Waals surface area contributed by atoms with E-state index in [4.69, 9.17) is 9.72 Å². The van der Waals surface area contributed by atoms with Gasteiger partial charge in [-0.15, -0.1) is 0 Å². The molecule has 0 aliphatic heterocycles. The summed E-state index contributed by atoms with van der Waals surface area (Å²) in [6.45, 7) is 0.703. The van der Waals surface area contributed by atoms with E-state index in [1.54, 1.807) is 7.11 Å². The van der Waals surface area contributed by atoms with Crippen LogP contribution in [0.2, 0.25) is 0 Å². The first-order valence-corrected chi connectivity index (χ1v) is 7.86. The minimum atomic E-state index is 0.703. The number of hydrogen-bond donors (Lipinski definition) is 0. The molecule has 5 heteroatoms. The van der Waals surface area contributed by atoms with Crippen molar-refractivity contribution in [3.05, 3.63) is 54.4 Å². The van der Waals surface area contributed by atoms with E-state index in [9.17, 15) is 0 Å². The second-order valence-electron chi connectivity index (χ2n) is 5.98. The molecule has 1 aromatic heterocycles. The minimum absolute atomic E-state index is 0.703. The van der Waals surface area contributed by atoms with Crippen molar-refractivity contribution in [2.75, 3.05) is 33.2 Å². The summed E-state index contributed by atoms with van der Waals surface area (Å²) < 4.78 is 5.24. The molecule has 24 heavy (non-hydrogen) atoms. The molecule has 3 aromatic rings. The zero-order valence-electron chi connectivity index (χ0n) is 14.5. The lowest BCUT2D eigenvalue weighted by molar-refractivity contribution is 0.391. The molecule has 0 saturated carbocycles. The first-order valence-electron chi connectivity index (χ1n) is 7.86. The second-order valence-corrected chi connectivity index (χ2v) is 5.98. The molecule has 1 heterocycles. The Kier molecular flexibility index (Phi) is 4.62. The number of hydrogen-bond acceptors (Lipinski definition) is 5. The van der Waals surface area contributed by atoms with Gasteiger partial charge in [0.1, 0.15) is 17.4 Å². The van der Waals surface area contributed by atoms with E-state index >= 15 is 0 Å². The monoisotopic (exact) mass is 322 g/mol. The Morgan fingerprint density at radius 1 is 0.917 bits per heavy atom. The van der Waals surface area contributed by atoms with Crippen LogP contribution in [0.1, 0.15) is 5.82 Å². The number of anilines is 2. The van der Waals surface area contributed by atoms with Crippen LogP contribution in [0.5, 0.6) is 5.75 Å². The molecule has 0 fully saturated rings. The summed E-state index contributed by atoms with van der Waals surface area (Å²) in [6.07, 6.45) is 0. The number of methoxy groups -OCH3 is 1. The number of fused-ring (bicyclic) bond motifs is 1. The zero-order valence-corrected chi connectivity index (χ0v) is 14.5. The standard InChI is InChI=1S/C19H22N4O/c1-22(2)13-18-20-17-8-6-5-7-16(17)19(21-18)23(3)14-9-11-15(24-4)12-10-14/h5-12H,13H2,1-4H3. The molecule has 0 aliphatic rings. The predicted molar refractivity (Wildman–Crippen MR) is 98.0 cm³/mol. The van der Waals surface area contributed by atoms with Gasteiger partial charge in [-0.1, -0.05) is 12.1 Å². The van der Waals surface area contributed by atoms with Crippen molar-refractivity contribution in [1.29, 1.82) is 0 Å². The second kappa shape index (κ2) is 6.84. The van der Waals surface area contributed by atoms with Crippen LogP contribution in [0.3, 0.4) is 0 Å². The average molecular weight is 322 g/mol. The molecule has 0 N–H and O–H groups in total. The highest BCUT2D eigenvalue weighted by atomic mass is 16.5. The lowest BCUT2D eigenvalue weighted by Crippen LogP contribution is -2.17. The highest BCUT2D eigenvalue weighted by Gasteiger charge is 2.13. The topological polar surface area (TPSA) is 41.5 Å². The highest BCUT2D eigenvalue weighted by Crippen LogP contribution is 2.29. The molecule has 0 saturated heterocycles.